The summed E-state index contributed by atoms with van der Waals surface area (Å²) in [6.07, 6.45) is 8.85. The number of hydrogen-bond donors (Lipinski definition) is 2. The number of aromatic nitrogens is 2. The first-order valence-electron chi connectivity index (χ1n) is 19.2. The summed E-state index contributed by atoms with van der Waals surface area (Å²) >= 11 is 0. The lowest BCUT2D eigenvalue weighted by Gasteiger charge is -2.41. The van der Waals surface area contributed by atoms with Crippen LogP contribution in [0.4, 0.5) is 10.5 Å². The number of rotatable bonds is 9. The van der Waals surface area contributed by atoms with Gasteiger partial charge in [0.1, 0.15) is 6.73 Å². The van der Waals surface area contributed by atoms with E-state index in [0.29, 0.717) is 44.6 Å². The number of para-hydroxylation sites is 1. The molecule has 3 aromatic rings. The number of fused-ring (bicyclic) bond motifs is 2. The van der Waals surface area contributed by atoms with Crippen LogP contribution in [-0.4, -0.2) is 112 Å². The Morgan fingerprint density at radius 1 is 0.904 bits per heavy atom. The highest BCUT2D eigenvalue weighted by atomic mass is 16.5. The van der Waals surface area contributed by atoms with Crippen molar-refractivity contribution in [2.45, 2.75) is 77.7 Å². The Balaban J connectivity index is 0.967. The number of urea groups is 1. The number of hydrogen-bond acceptors (Lipinski definition) is 7. The summed E-state index contributed by atoms with van der Waals surface area (Å²) in [6, 6.07) is 12.2. The van der Waals surface area contributed by atoms with Crippen LogP contribution in [0.3, 0.4) is 0 Å². The van der Waals surface area contributed by atoms with E-state index in [0.717, 1.165) is 104 Å². The highest BCUT2D eigenvalue weighted by molar-refractivity contribution is 5.91. The second kappa shape index (κ2) is 16.1. The molecular formula is C40H53N7O5. The number of carbonyl (C=O) groups excluding carboxylic acids is 4. The average Bonchev–Trinajstić information content (AvgIpc) is 3.57. The minimum Gasteiger partial charge on any atom is -0.450 e. The highest BCUT2D eigenvalue weighted by Gasteiger charge is 2.36. The fourth-order valence-electron chi connectivity index (χ4n) is 9.05. The predicted molar refractivity (Wildman–Crippen MR) is 198 cm³/mol. The van der Waals surface area contributed by atoms with Gasteiger partial charge in [-0.1, -0.05) is 24.3 Å². The molecule has 3 saturated heterocycles. The zero-order valence-corrected chi connectivity index (χ0v) is 30.6. The Kier molecular flexibility index (Phi) is 11.1. The van der Waals surface area contributed by atoms with Gasteiger partial charge in [0.05, 0.1) is 17.6 Å². The lowest BCUT2D eigenvalue weighted by molar-refractivity contribution is -0.146. The molecule has 52 heavy (non-hydrogen) atoms. The fourth-order valence-corrected chi connectivity index (χ4v) is 9.05. The molecule has 1 unspecified atom stereocenters. The molecule has 2 aromatic carbocycles. The number of esters is 1. The minimum absolute atomic E-state index is 0.0148. The Morgan fingerprint density at radius 2 is 1.60 bits per heavy atom. The number of anilines is 1. The lowest BCUT2D eigenvalue weighted by Crippen LogP contribution is -2.50. The topological polar surface area (TPSA) is 131 Å². The van der Waals surface area contributed by atoms with Gasteiger partial charge >= 0.3 is 12.0 Å². The summed E-state index contributed by atoms with van der Waals surface area (Å²) in [6.45, 7) is 8.96. The third kappa shape index (κ3) is 8.27. The van der Waals surface area contributed by atoms with Gasteiger partial charge in [0.2, 0.25) is 11.8 Å². The molecule has 7 rings (SSSR count). The summed E-state index contributed by atoms with van der Waals surface area (Å²) in [4.78, 5) is 60.7. The van der Waals surface area contributed by atoms with Crippen molar-refractivity contribution in [3.8, 4) is 0 Å². The summed E-state index contributed by atoms with van der Waals surface area (Å²) < 4.78 is 5.20. The molecule has 1 atom stereocenters. The normalized spacial score (nSPS) is 20.3. The molecule has 0 aliphatic carbocycles. The second-order valence-electron chi connectivity index (χ2n) is 15.4. The number of piperidine rings is 3. The molecule has 4 amide bonds. The summed E-state index contributed by atoms with van der Waals surface area (Å²) in [7, 11) is 0. The lowest BCUT2D eigenvalue weighted by atomic mass is 9.78. The van der Waals surface area contributed by atoms with Gasteiger partial charge in [-0.3, -0.25) is 24.4 Å². The molecule has 4 aliphatic heterocycles. The number of carbonyl (C=O) groups is 4. The van der Waals surface area contributed by atoms with E-state index in [1.807, 2.05) is 46.0 Å². The van der Waals surface area contributed by atoms with E-state index in [-0.39, 0.29) is 36.3 Å². The number of H-pyrrole nitrogens is 1. The SMILES string of the molecule is CC(=O)OCN1CCC(C2CCN(C(=O)C(CC(=O)N3CCC(N4CCc5ccccc5NC4=O)CC3)Cc3cc(C)c4[nH]ncc4c3)CC2)CC1. The van der Waals surface area contributed by atoms with Crippen LogP contribution < -0.4 is 5.32 Å². The third-order valence-corrected chi connectivity index (χ3v) is 12.1. The maximum Gasteiger partial charge on any atom is 0.322 e. The quantitative estimate of drug-likeness (QED) is 0.300. The Labute approximate surface area is 306 Å². The molecule has 0 saturated carbocycles. The van der Waals surface area contributed by atoms with E-state index in [9.17, 15) is 19.2 Å². The van der Waals surface area contributed by atoms with Crippen molar-refractivity contribution in [2.24, 2.45) is 17.8 Å². The average molecular weight is 712 g/mol. The number of aromatic amines is 1. The second-order valence-corrected chi connectivity index (χ2v) is 15.4. The third-order valence-electron chi connectivity index (χ3n) is 12.1. The van der Waals surface area contributed by atoms with E-state index in [1.54, 1.807) is 0 Å². The van der Waals surface area contributed by atoms with Crippen LogP contribution in [0.15, 0.2) is 42.6 Å². The van der Waals surface area contributed by atoms with Crippen LogP contribution in [0.5, 0.6) is 0 Å². The monoisotopic (exact) mass is 711 g/mol. The van der Waals surface area contributed by atoms with Crippen molar-refractivity contribution in [3.63, 3.8) is 0 Å². The maximum absolute atomic E-state index is 14.3. The number of aryl methyl sites for hydroxylation is 1. The molecule has 1 aromatic heterocycles. The zero-order chi connectivity index (χ0) is 36.2. The summed E-state index contributed by atoms with van der Waals surface area (Å²) in [5, 5.41) is 11.4. The predicted octanol–water partition coefficient (Wildman–Crippen LogP) is 4.97. The maximum atomic E-state index is 14.3. The number of nitrogens with zero attached hydrogens (tertiary/aromatic N) is 5. The van der Waals surface area contributed by atoms with E-state index < -0.39 is 5.92 Å². The molecule has 3 fully saturated rings. The van der Waals surface area contributed by atoms with Crippen LogP contribution >= 0.6 is 0 Å². The van der Waals surface area contributed by atoms with Crippen LogP contribution in [0.2, 0.25) is 0 Å². The number of ether oxygens (including phenoxy) is 1. The number of nitrogens with one attached hydrogen (secondary N) is 2. The van der Waals surface area contributed by atoms with Crippen LogP contribution in [0.25, 0.3) is 10.9 Å². The van der Waals surface area contributed by atoms with Crippen molar-refractivity contribution in [3.05, 3.63) is 59.3 Å². The molecule has 0 spiro atoms. The van der Waals surface area contributed by atoms with Crippen molar-refractivity contribution >= 4 is 40.4 Å². The molecule has 12 nitrogen and oxygen atoms in total. The van der Waals surface area contributed by atoms with E-state index in [4.69, 9.17) is 4.74 Å². The van der Waals surface area contributed by atoms with Crippen LogP contribution in [-0.2, 0) is 32.0 Å². The zero-order valence-electron chi connectivity index (χ0n) is 30.6. The van der Waals surface area contributed by atoms with Gasteiger partial charge in [0.25, 0.3) is 0 Å². The Morgan fingerprint density at radius 3 is 2.33 bits per heavy atom. The van der Waals surface area contributed by atoms with Crippen molar-refractivity contribution in [1.82, 2.24) is 29.8 Å². The molecule has 5 heterocycles. The Hall–Kier alpha value is -4.45. The van der Waals surface area contributed by atoms with Crippen molar-refractivity contribution in [1.29, 1.82) is 0 Å². The molecule has 0 radical (unpaired) electrons. The van der Waals surface area contributed by atoms with E-state index in [2.05, 4.69) is 38.6 Å². The number of benzene rings is 2. The highest BCUT2D eigenvalue weighted by Crippen LogP contribution is 2.34. The largest absolute Gasteiger partial charge is 0.450 e. The van der Waals surface area contributed by atoms with Gasteiger partial charge in [0, 0.05) is 76.3 Å². The van der Waals surface area contributed by atoms with Gasteiger partial charge in [-0.2, -0.15) is 5.10 Å². The number of amides is 4. The van der Waals surface area contributed by atoms with Crippen LogP contribution in [0, 0.1) is 24.7 Å². The summed E-state index contributed by atoms with van der Waals surface area (Å²) in [5.74, 6) is 0.584. The van der Waals surface area contributed by atoms with Gasteiger partial charge in [-0.05, 0) is 98.9 Å². The fraction of sp³-hybridized carbons (Fsp3) is 0.575. The van der Waals surface area contributed by atoms with Crippen molar-refractivity contribution in [2.75, 3.05) is 57.9 Å². The van der Waals surface area contributed by atoms with E-state index >= 15 is 0 Å². The Bertz CT molecular complexity index is 1750. The molecule has 12 heteroatoms. The standard InChI is InChI=1S/C40H53N7O5/c1-27-21-29(23-34-25-41-43-38(27)34)22-33(39(50)46-16-9-31(10-17-46)30-7-14-44(15-8-30)26-52-28(2)48)24-37(49)45-18-12-35(13-19-45)47-20-11-32-5-3-4-6-36(32)42-40(47)51/h3-6,21,23,25,30-31,33,35H,7-20,22,24,26H2,1-2H3,(H,41,43)(H,42,51). The number of likely N-dealkylation sites (tertiary alicyclic amines) is 3. The van der Waals surface area contributed by atoms with E-state index in [1.165, 1.54) is 6.92 Å². The van der Waals surface area contributed by atoms with Gasteiger partial charge < -0.3 is 24.8 Å². The van der Waals surface area contributed by atoms with Crippen LogP contribution in [0.1, 0.15) is 68.6 Å². The molecular weight excluding hydrogens is 658 g/mol. The molecule has 278 valence electrons. The molecule has 0 bridgehead atoms. The minimum atomic E-state index is -0.454. The van der Waals surface area contributed by atoms with Gasteiger partial charge in [0.15, 0.2) is 0 Å². The molecule has 2 N–H and O–H groups in total. The smallest absolute Gasteiger partial charge is 0.322 e. The first-order chi connectivity index (χ1) is 25.2. The van der Waals surface area contributed by atoms with Gasteiger partial charge in [-0.25, -0.2) is 4.79 Å². The first-order valence-corrected chi connectivity index (χ1v) is 19.2. The first kappa shape index (κ1) is 35.9. The van der Waals surface area contributed by atoms with Gasteiger partial charge in [-0.15, -0.1) is 0 Å². The summed E-state index contributed by atoms with van der Waals surface area (Å²) in [5.41, 5.74) is 5.13. The van der Waals surface area contributed by atoms with Crippen molar-refractivity contribution < 1.29 is 23.9 Å². The molecule has 4 aliphatic rings.